The Morgan fingerprint density at radius 1 is 0.523 bits per heavy atom. The third-order valence-electron chi connectivity index (χ3n) is 9.68. The van der Waals surface area contributed by atoms with Crippen LogP contribution in [0.1, 0.15) is 25.0 Å². The summed E-state index contributed by atoms with van der Waals surface area (Å²) in [6, 6.07) is 49.1. The fourth-order valence-electron chi connectivity index (χ4n) is 7.66. The van der Waals surface area contributed by atoms with Crippen molar-refractivity contribution in [1.29, 1.82) is 0 Å². The van der Waals surface area contributed by atoms with Gasteiger partial charge in [-0.2, -0.15) is 0 Å². The molecule has 1 aliphatic carbocycles. The number of pyridine rings is 1. The van der Waals surface area contributed by atoms with E-state index in [2.05, 4.69) is 151 Å². The quantitative estimate of drug-likeness (QED) is 0.208. The summed E-state index contributed by atoms with van der Waals surface area (Å²) in [4.78, 5) is 6.87. The largest absolute Gasteiger partial charge is 0.309 e. The highest BCUT2D eigenvalue weighted by atomic mass is 15.1. The van der Waals surface area contributed by atoms with Gasteiger partial charge in [0, 0.05) is 40.2 Å². The monoisotopic (exact) mass is 562 g/mol. The van der Waals surface area contributed by atoms with Gasteiger partial charge in [-0.1, -0.05) is 117 Å². The molecule has 9 rings (SSSR count). The molecule has 2 heteroatoms. The first kappa shape index (κ1) is 25.1. The van der Waals surface area contributed by atoms with Crippen LogP contribution in [0.15, 0.2) is 146 Å². The third-order valence-corrected chi connectivity index (χ3v) is 9.68. The second kappa shape index (κ2) is 9.26. The molecule has 2 aliphatic rings. The molecule has 0 spiro atoms. The Bertz CT molecular complexity index is 2260. The molecule has 0 amide bonds. The molecule has 0 bridgehead atoms. The van der Waals surface area contributed by atoms with Crippen molar-refractivity contribution in [2.24, 2.45) is 0 Å². The van der Waals surface area contributed by atoms with E-state index in [-0.39, 0.29) is 5.41 Å². The summed E-state index contributed by atoms with van der Waals surface area (Å²) in [6.45, 7) is 4.73. The number of nitrogens with zero attached hydrogens (tertiary/aromatic N) is 2. The molecule has 0 unspecified atom stereocenters. The molecular formula is C42H30N2. The van der Waals surface area contributed by atoms with Crippen LogP contribution in [0.3, 0.4) is 0 Å². The molecule has 0 atom stereocenters. The van der Waals surface area contributed by atoms with E-state index in [1.54, 1.807) is 0 Å². The molecule has 208 valence electrons. The van der Waals surface area contributed by atoms with Crippen molar-refractivity contribution in [2.45, 2.75) is 19.3 Å². The van der Waals surface area contributed by atoms with Crippen LogP contribution in [0.5, 0.6) is 0 Å². The summed E-state index contributed by atoms with van der Waals surface area (Å²) >= 11 is 0. The second-order valence-corrected chi connectivity index (χ2v) is 12.4. The highest BCUT2D eigenvalue weighted by Gasteiger charge is 2.39. The van der Waals surface area contributed by atoms with Crippen LogP contribution in [-0.2, 0) is 5.41 Å². The Labute approximate surface area is 257 Å². The van der Waals surface area contributed by atoms with Crippen LogP contribution >= 0.6 is 0 Å². The van der Waals surface area contributed by atoms with Crippen LogP contribution in [0.25, 0.3) is 55.3 Å². The number of hydrogen-bond donors (Lipinski definition) is 0. The maximum absolute atomic E-state index is 4.40. The molecule has 44 heavy (non-hydrogen) atoms. The number of rotatable bonds is 2. The number of para-hydroxylation sites is 1. The topological polar surface area (TPSA) is 16.1 Å². The zero-order valence-corrected chi connectivity index (χ0v) is 24.8. The van der Waals surface area contributed by atoms with Crippen LogP contribution in [0.2, 0.25) is 0 Å². The van der Waals surface area contributed by atoms with Crippen molar-refractivity contribution >= 4 is 27.8 Å². The molecule has 1 aliphatic heterocycles. The predicted molar refractivity (Wildman–Crippen MR) is 184 cm³/mol. The standard InChI is InChI=1S/C42H30N2/c1-42(2)35-18-7-5-16-32(35)41-36(42)22-21-34-39-31-15-4-3-11-27(31)20-23-38(39)44(37-19-8-6-17-33(37)40(34)41)30-14-9-12-28(25-30)29-13-10-24-43-26-29/h3-26H,1-2H3. The molecule has 0 saturated heterocycles. The van der Waals surface area contributed by atoms with Gasteiger partial charge in [0.2, 0.25) is 0 Å². The molecule has 0 saturated carbocycles. The third kappa shape index (κ3) is 3.46. The Hall–Kier alpha value is -5.47. The van der Waals surface area contributed by atoms with Gasteiger partial charge in [0.1, 0.15) is 0 Å². The van der Waals surface area contributed by atoms with E-state index in [1.165, 1.54) is 66.7 Å². The zero-order valence-electron chi connectivity index (χ0n) is 24.8. The molecule has 2 heterocycles. The first-order valence-electron chi connectivity index (χ1n) is 15.3. The van der Waals surface area contributed by atoms with Crippen LogP contribution < -0.4 is 4.90 Å². The van der Waals surface area contributed by atoms with Crippen molar-refractivity contribution in [1.82, 2.24) is 4.98 Å². The van der Waals surface area contributed by atoms with E-state index in [9.17, 15) is 0 Å². The normalized spacial score (nSPS) is 13.8. The van der Waals surface area contributed by atoms with Crippen molar-refractivity contribution in [3.63, 3.8) is 0 Å². The minimum absolute atomic E-state index is 0.0818. The van der Waals surface area contributed by atoms with Crippen molar-refractivity contribution < 1.29 is 0 Å². The molecule has 0 radical (unpaired) electrons. The van der Waals surface area contributed by atoms with Gasteiger partial charge in [0.15, 0.2) is 0 Å². The molecule has 6 aromatic carbocycles. The summed E-state index contributed by atoms with van der Waals surface area (Å²) in [5.74, 6) is 0. The first-order chi connectivity index (χ1) is 21.6. The Morgan fingerprint density at radius 2 is 1.32 bits per heavy atom. The number of anilines is 3. The van der Waals surface area contributed by atoms with Gasteiger partial charge in [-0.25, -0.2) is 0 Å². The van der Waals surface area contributed by atoms with E-state index < -0.39 is 0 Å². The molecular weight excluding hydrogens is 532 g/mol. The van der Waals surface area contributed by atoms with Gasteiger partial charge in [0.05, 0.1) is 11.4 Å². The maximum atomic E-state index is 4.40. The smallest absolute Gasteiger partial charge is 0.0546 e. The van der Waals surface area contributed by atoms with E-state index in [0.29, 0.717) is 0 Å². The summed E-state index contributed by atoms with van der Waals surface area (Å²) in [7, 11) is 0. The highest BCUT2D eigenvalue weighted by molar-refractivity contribution is 6.15. The lowest BCUT2D eigenvalue weighted by molar-refractivity contribution is 0.660. The molecule has 1 aromatic heterocycles. The average Bonchev–Trinajstić information content (AvgIpc) is 3.22. The fraction of sp³-hybridized carbons (Fsp3) is 0.0714. The number of aromatic nitrogens is 1. The van der Waals surface area contributed by atoms with Crippen molar-refractivity contribution in [2.75, 3.05) is 4.90 Å². The highest BCUT2D eigenvalue weighted by Crippen LogP contribution is 2.59. The van der Waals surface area contributed by atoms with Crippen molar-refractivity contribution in [3.8, 4) is 44.5 Å². The van der Waals surface area contributed by atoms with Crippen LogP contribution in [0, 0.1) is 0 Å². The Balaban J connectivity index is 1.43. The number of fused-ring (bicyclic) bond motifs is 11. The average molecular weight is 563 g/mol. The minimum atomic E-state index is -0.0818. The number of benzene rings is 6. The minimum Gasteiger partial charge on any atom is -0.309 e. The predicted octanol–water partition coefficient (Wildman–Crippen LogP) is 11.3. The van der Waals surface area contributed by atoms with E-state index in [1.807, 2.05) is 18.5 Å². The van der Waals surface area contributed by atoms with Crippen molar-refractivity contribution in [3.05, 3.63) is 157 Å². The van der Waals surface area contributed by atoms with Gasteiger partial charge >= 0.3 is 0 Å². The van der Waals surface area contributed by atoms with Crippen LogP contribution in [-0.4, -0.2) is 4.98 Å². The summed E-state index contributed by atoms with van der Waals surface area (Å²) < 4.78 is 0. The fourth-order valence-corrected chi connectivity index (χ4v) is 7.66. The van der Waals surface area contributed by atoms with Gasteiger partial charge in [-0.15, -0.1) is 0 Å². The van der Waals surface area contributed by atoms with E-state index >= 15 is 0 Å². The molecule has 7 aromatic rings. The summed E-state index contributed by atoms with van der Waals surface area (Å²) in [5, 5.41) is 2.51. The van der Waals surface area contributed by atoms with E-state index in [0.717, 1.165) is 16.8 Å². The first-order valence-corrected chi connectivity index (χ1v) is 15.3. The lowest BCUT2D eigenvalue weighted by Gasteiger charge is -2.28. The number of hydrogen-bond acceptors (Lipinski definition) is 2. The van der Waals surface area contributed by atoms with Crippen LogP contribution in [0.4, 0.5) is 17.1 Å². The SMILES string of the molecule is CC1(C)c2ccccc2-c2c1ccc1c2-c2ccccc2N(c2cccc(-c3cccnc3)c2)c2ccc3ccccc3c2-1. The molecule has 0 fully saturated rings. The van der Waals surface area contributed by atoms with Gasteiger partial charge in [-0.3, -0.25) is 4.98 Å². The summed E-state index contributed by atoms with van der Waals surface area (Å²) in [6.07, 6.45) is 3.77. The van der Waals surface area contributed by atoms with Gasteiger partial charge in [0.25, 0.3) is 0 Å². The zero-order chi connectivity index (χ0) is 29.4. The van der Waals surface area contributed by atoms with Gasteiger partial charge < -0.3 is 4.90 Å². The Morgan fingerprint density at radius 3 is 2.20 bits per heavy atom. The second-order valence-electron chi connectivity index (χ2n) is 12.4. The lowest BCUT2D eigenvalue weighted by Crippen LogP contribution is -2.14. The summed E-state index contributed by atoms with van der Waals surface area (Å²) in [5.41, 5.74) is 16.3. The van der Waals surface area contributed by atoms with Gasteiger partial charge in [-0.05, 0) is 80.0 Å². The maximum Gasteiger partial charge on any atom is 0.0546 e. The Kier molecular flexibility index (Phi) is 5.28. The lowest BCUT2D eigenvalue weighted by atomic mass is 9.80. The molecule has 2 nitrogen and oxygen atoms in total. The molecule has 0 N–H and O–H groups in total. The van der Waals surface area contributed by atoms with E-state index in [4.69, 9.17) is 0 Å².